The van der Waals surface area contributed by atoms with Crippen molar-refractivity contribution < 1.29 is 38.3 Å². The van der Waals surface area contributed by atoms with Crippen LogP contribution in [0.25, 0.3) is 0 Å². The van der Waals surface area contributed by atoms with Crippen LogP contribution in [-0.2, 0) is 28.5 Å². The summed E-state index contributed by atoms with van der Waals surface area (Å²) in [6, 6.07) is 0. The molecule has 182 valence electrons. The van der Waals surface area contributed by atoms with Crippen LogP contribution in [0, 0.1) is 10.1 Å². The molecule has 1 N–H and O–H groups in total. The Morgan fingerprint density at radius 1 is 1.21 bits per heavy atom. The van der Waals surface area contributed by atoms with Gasteiger partial charge in [0, 0.05) is 13.8 Å². The third-order valence-corrected chi connectivity index (χ3v) is 4.63. The molecule has 14 heteroatoms. The highest BCUT2D eigenvalue weighted by Crippen LogP contribution is 2.34. The lowest BCUT2D eigenvalue weighted by Crippen LogP contribution is -2.40. The molecule has 1 saturated heterocycles. The molecule has 0 spiro atoms. The first-order valence-corrected chi connectivity index (χ1v) is 10.3. The molecular formula is C19H26N4O10. The van der Waals surface area contributed by atoms with Gasteiger partial charge in [0.25, 0.3) is 0 Å². The van der Waals surface area contributed by atoms with E-state index in [1.165, 1.54) is 6.92 Å². The lowest BCUT2D eigenvalue weighted by molar-refractivity contribution is -0.384. The van der Waals surface area contributed by atoms with Crippen molar-refractivity contribution in [3.05, 3.63) is 26.8 Å². The molecule has 1 aliphatic heterocycles. The van der Waals surface area contributed by atoms with Crippen molar-refractivity contribution in [2.45, 2.75) is 71.5 Å². The van der Waals surface area contributed by atoms with Crippen LogP contribution in [0.2, 0.25) is 0 Å². The Kier molecular flexibility index (Phi) is 8.85. The summed E-state index contributed by atoms with van der Waals surface area (Å²) >= 11 is 0. The van der Waals surface area contributed by atoms with E-state index in [1.54, 1.807) is 0 Å². The summed E-state index contributed by atoms with van der Waals surface area (Å²) in [5.74, 6) is -2.05. The molecule has 2 rings (SSSR count). The summed E-state index contributed by atoms with van der Waals surface area (Å²) in [5, 5.41) is 13.7. The fourth-order valence-corrected chi connectivity index (χ4v) is 3.22. The maximum absolute atomic E-state index is 12.7. The minimum atomic E-state index is -1.37. The Hall–Kier alpha value is -3.55. The summed E-state index contributed by atoms with van der Waals surface area (Å²) in [4.78, 5) is 61.9. The second-order valence-electron chi connectivity index (χ2n) is 7.27. The first-order valence-electron chi connectivity index (χ1n) is 10.3. The van der Waals surface area contributed by atoms with Gasteiger partial charge in [-0.2, -0.15) is 4.98 Å². The fourth-order valence-electron chi connectivity index (χ4n) is 3.22. The van der Waals surface area contributed by atoms with Gasteiger partial charge in [0.05, 0.1) is 23.8 Å². The molecule has 1 aliphatic rings. The highest BCUT2D eigenvalue weighted by Gasteiger charge is 2.49. The number of esters is 2. The van der Waals surface area contributed by atoms with Crippen LogP contribution >= 0.6 is 0 Å². The van der Waals surface area contributed by atoms with Crippen LogP contribution in [-0.4, -0.2) is 57.4 Å². The Labute approximate surface area is 188 Å². The number of carbonyl (C=O) groups is 3. The summed E-state index contributed by atoms with van der Waals surface area (Å²) in [5.41, 5.74) is -1.77. The first kappa shape index (κ1) is 25.7. The largest absolute Gasteiger partial charge is 0.456 e. The van der Waals surface area contributed by atoms with Crippen molar-refractivity contribution >= 4 is 29.5 Å². The maximum Gasteiger partial charge on any atom is 0.412 e. The minimum absolute atomic E-state index is 0.0972. The second kappa shape index (κ2) is 11.4. The normalized spacial score (nSPS) is 21.8. The lowest BCUT2D eigenvalue weighted by Gasteiger charge is -2.23. The molecule has 1 aromatic rings. The van der Waals surface area contributed by atoms with Gasteiger partial charge >= 0.3 is 29.4 Å². The van der Waals surface area contributed by atoms with Crippen LogP contribution in [0.5, 0.6) is 0 Å². The van der Waals surface area contributed by atoms with Gasteiger partial charge in [-0.25, -0.2) is 9.59 Å². The zero-order valence-electron chi connectivity index (χ0n) is 18.6. The molecule has 14 nitrogen and oxygen atoms in total. The molecule has 1 amide bonds. The third kappa shape index (κ3) is 6.71. The number of aromatic nitrogens is 2. The average Bonchev–Trinajstić information content (AvgIpc) is 2.99. The van der Waals surface area contributed by atoms with Crippen LogP contribution in [0.4, 0.5) is 16.3 Å². The summed E-state index contributed by atoms with van der Waals surface area (Å²) in [7, 11) is 0. The van der Waals surface area contributed by atoms with E-state index >= 15 is 0 Å². The molecule has 4 atom stereocenters. The number of hydrogen-bond donors (Lipinski definition) is 1. The molecule has 1 unspecified atom stereocenters. The van der Waals surface area contributed by atoms with E-state index in [0.717, 1.165) is 37.5 Å². The predicted molar refractivity (Wildman–Crippen MR) is 110 cm³/mol. The predicted octanol–water partition coefficient (Wildman–Crippen LogP) is 1.67. The van der Waals surface area contributed by atoms with Crippen molar-refractivity contribution in [2.24, 2.45) is 0 Å². The van der Waals surface area contributed by atoms with Crippen molar-refractivity contribution in [1.29, 1.82) is 0 Å². The molecular weight excluding hydrogens is 444 g/mol. The Balaban J connectivity index is 2.36. The van der Waals surface area contributed by atoms with Crippen LogP contribution < -0.4 is 11.0 Å². The molecule has 0 aromatic carbocycles. The molecule has 0 radical (unpaired) electrons. The SMILES string of the molecule is CCCCCOC(=O)Nc1nc(=O)n([C@@H]2O[C@H](C)[C@H](OC(C)=O)C2OC(C)=O)cc1[N+](=O)[O-]. The number of rotatable bonds is 9. The van der Waals surface area contributed by atoms with Gasteiger partial charge in [0.1, 0.15) is 0 Å². The number of ether oxygens (including phenoxy) is 4. The first-order chi connectivity index (χ1) is 15.5. The van der Waals surface area contributed by atoms with E-state index in [-0.39, 0.29) is 6.61 Å². The van der Waals surface area contributed by atoms with Crippen molar-refractivity contribution in [1.82, 2.24) is 9.55 Å². The number of nitrogens with zero attached hydrogens (tertiary/aromatic N) is 3. The Bertz CT molecular complexity index is 962. The van der Waals surface area contributed by atoms with E-state index in [2.05, 4.69) is 10.3 Å². The van der Waals surface area contributed by atoms with Crippen molar-refractivity contribution in [3.63, 3.8) is 0 Å². The average molecular weight is 470 g/mol. The van der Waals surface area contributed by atoms with Gasteiger partial charge in [-0.3, -0.25) is 29.6 Å². The van der Waals surface area contributed by atoms with Gasteiger partial charge in [0.15, 0.2) is 18.4 Å². The second-order valence-corrected chi connectivity index (χ2v) is 7.27. The van der Waals surface area contributed by atoms with Crippen LogP contribution in [0.15, 0.2) is 11.0 Å². The Morgan fingerprint density at radius 2 is 1.85 bits per heavy atom. The standard InChI is InChI=1S/C19H26N4O10/c1-5-6-7-8-30-19(27)21-16-13(23(28)29)9-22(18(26)20-16)17-15(33-12(4)25)14(10(2)31-17)32-11(3)24/h9-10,14-15,17H,5-8H2,1-4H3,(H,20,21,26,27)/t10-,14+,15?,17-/m1/s1. The number of anilines is 1. The lowest BCUT2D eigenvalue weighted by atomic mass is 10.1. The molecule has 1 fully saturated rings. The van der Waals surface area contributed by atoms with E-state index in [1.807, 2.05) is 6.92 Å². The molecule has 0 bridgehead atoms. The smallest absolute Gasteiger partial charge is 0.412 e. The van der Waals surface area contributed by atoms with E-state index in [9.17, 15) is 29.3 Å². The highest BCUT2D eigenvalue weighted by molar-refractivity contribution is 5.85. The zero-order chi connectivity index (χ0) is 24.7. The number of nitro groups is 1. The van der Waals surface area contributed by atoms with Gasteiger partial charge in [-0.15, -0.1) is 0 Å². The number of amides is 1. The van der Waals surface area contributed by atoms with E-state index < -0.39 is 64.7 Å². The summed E-state index contributed by atoms with van der Waals surface area (Å²) in [6.45, 7) is 5.83. The quantitative estimate of drug-likeness (QED) is 0.182. The number of nitrogens with one attached hydrogen (secondary N) is 1. The maximum atomic E-state index is 12.7. The Morgan fingerprint density at radius 3 is 2.42 bits per heavy atom. The number of hydrogen-bond acceptors (Lipinski definition) is 11. The van der Waals surface area contributed by atoms with Crippen molar-refractivity contribution in [3.8, 4) is 0 Å². The third-order valence-electron chi connectivity index (χ3n) is 4.63. The summed E-state index contributed by atoms with van der Waals surface area (Å²) < 4.78 is 21.6. The van der Waals surface area contributed by atoms with Gasteiger partial charge in [0.2, 0.25) is 5.82 Å². The molecule has 1 aromatic heterocycles. The van der Waals surface area contributed by atoms with Gasteiger partial charge < -0.3 is 18.9 Å². The molecule has 0 saturated carbocycles. The molecule has 2 heterocycles. The van der Waals surface area contributed by atoms with Crippen LogP contribution in [0.1, 0.15) is 53.2 Å². The molecule has 0 aliphatic carbocycles. The van der Waals surface area contributed by atoms with Crippen LogP contribution in [0.3, 0.4) is 0 Å². The van der Waals surface area contributed by atoms with Gasteiger partial charge in [-0.1, -0.05) is 19.8 Å². The molecule has 33 heavy (non-hydrogen) atoms. The van der Waals surface area contributed by atoms with Gasteiger partial charge in [-0.05, 0) is 13.3 Å². The highest BCUT2D eigenvalue weighted by atomic mass is 16.6. The minimum Gasteiger partial charge on any atom is -0.456 e. The monoisotopic (exact) mass is 470 g/mol. The number of unbranched alkanes of at least 4 members (excludes halogenated alkanes) is 2. The zero-order valence-corrected chi connectivity index (χ0v) is 18.6. The summed E-state index contributed by atoms with van der Waals surface area (Å²) in [6.07, 6.45) is -2.39. The van der Waals surface area contributed by atoms with Crippen molar-refractivity contribution in [2.75, 3.05) is 11.9 Å². The van der Waals surface area contributed by atoms with E-state index in [4.69, 9.17) is 18.9 Å². The number of carbonyl (C=O) groups excluding carboxylic acids is 3. The topological polar surface area (TPSA) is 178 Å². The fraction of sp³-hybridized carbons (Fsp3) is 0.632. The van der Waals surface area contributed by atoms with E-state index in [0.29, 0.717) is 6.42 Å².